The monoisotopic (exact) mass is 127 g/mol. The molecule has 2 fully saturated rings. The summed E-state index contributed by atoms with van der Waals surface area (Å²) in [5.41, 5.74) is 5.50. The normalized spacial score (nSPS) is 52.7. The van der Waals surface area contributed by atoms with E-state index in [0.29, 0.717) is 0 Å². The Hall–Kier alpha value is -0.0800. The van der Waals surface area contributed by atoms with Crippen molar-refractivity contribution in [3.8, 4) is 0 Å². The Bertz CT molecular complexity index is 125. The largest absolute Gasteiger partial charge is 0.326 e. The number of nitrogens with zero attached hydrogens (tertiary/aromatic N) is 1. The lowest BCUT2D eigenvalue weighted by Gasteiger charge is -2.22. The van der Waals surface area contributed by atoms with Crippen LogP contribution in [0.4, 0.5) is 0 Å². The molecule has 0 radical (unpaired) electrons. The van der Waals surface area contributed by atoms with E-state index in [2.05, 4.69) is 6.92 Å². The highest BCUT2D eigenvalue weighted by Gasteiger charge is 2.78. The summed E-state index contributed by atoms with van der Waals surface area (Å²) in [5, 5.41) is 0. The number of hydrogen-bond donors (Lipinski definition) is 1. The maximum atomic E-state index is 5.50. The molecule has 1 aliphatic heterocycles. The van der Waals surface area contributed by atoms with Gasteiger partial charge >= 0.3 is 0 Å². The lowest BCUT2D eigenvalue weighted by atomic mass is 10.4. The van der Waals surface area contributed by atoms with Gasteiger partial charge < -0.3 is 10.2 Å². The molecule has 0 bridgehead atoms. The average molecular weight is 127 g/mol. The van der Waals surface area contributed by atoms with Gasteiger partial charge in [-0.3, -0.25) is 0 Å². The van der Waals surface area contributed by atoms with Crippen molar-refractivity contribution < 1.29 is 4.48 Å². The third-order valence-corrected chi connectivity index (χ3v) is 3.09. The third kappa shape index (κ3) is 0.528. The summed E-state index contributed by atoms with van der Waals surface area (Å²) in [5.74, 6) is 0. The molecule has 0 aromatic rings. The fourth-order valence-corrected chi connectivity index (χ4v) is 2.24. The first kappa shape index (κ1) is 5.69. The second kappa shape index (κ2) is 1.50. The molecule has 0 spiro atoms. The summed E-state index contributed by atoms with van der Waals surface area (Å²) in [4.78, 5) is 0. The number of likely N-dealkylation sites (tertiary alicyclic amines) is 1. The van der Waals surface area contributed by atoms with Crippen LogP contribution >= 0.6 is 0 Å². The number of nitrogens with two attached hydrogens (primary N) is 1. The van der Waals surface area contributed by atoms with E-state index in [-0.39, 0.29) is 0 Å². The Morgan fingerprint density at radius 3 is 2.33 bits per heavy atom. The van der Waals surface area contributed by atoms with Gasteiger partial charge in [-0.1, -0.05) is 0 Å². The molecule has 0 aromatic carbocycles. The summed E-state index contributed by atoms with van der Waals surface area (Å²) >= 11 is 0. The van der Waals surface area contributed by atoms with Crippen LogP contribution in [0.3, 0.4) is 0 Å². The van der Waals surface area contributed by atoms with Gasteiger partial charge in [-0.25, -0.2) is 0 Å². The van der Waals surface area contributed by atoms with E-state index in [0.717, 1.165) is 18.6 Å². The molecule has 2 aliphatic rings. The van der Waals surface area contributed by atoms with Crippen molar-refractivity contribution in [3.05, 3.63) is 0 Å². The zero-order valence-electron chi connectivity index (χ0n) is 6.01. The predicted octanol–water partition coefficient (Wildman–Crippen LogP) is -0.0637. The van der Waals surface area contributed by atoms with Gasteiger partial charge in [0.15, 0.2) is 0 Å². The molecule has 2 unspecified atom stereocenters. The second-order valence-corrected chi connectivity index (χ2v) is 3.30. The van der Waals surface area contributed by atoms with Gasteiger partial charge in [0.25, 0.3) is 0 Å². The third-order valence-electron chi connectivity index (χ3n) is 3.09. The average Bonchev–Trinajstić information content (AvgIpc) is 2.67. The number of hydrogen-bond acceptors (Lipinski definition) is 1. The topological polar surface area (TPSA) is 26.0 Å². The van der Waals surface area contributed by atoms with Gasteiger partial charge in [0.2, 0.25) is 0 Å². The fourth-order valence-electron chi connectivity index (χ4n) is 2.24. The molecule has 2 heteroatoms. The first-order valence-electron chi connectivity index (χ1n) is 3.91. The molecular weight excluding hydrogens is 112 g/mol. The summed E-state index contributed by atoms with van der Waals surface area (Å²) in [6.07, 6.45) is 1.49. The van der Waals surface area contributed by atoms with Crippen molar-refractivity contribution in [2.24, 2.45) is 5.73 Å². The van der Waals surface area contributed by atoms with Crippen molar-refractivity contribution in [1.82, 2.24) is 0 Å². The van der Waals surface area contributed by atoms with Gasteiger partial charge in [-0.05, 0) is 6.92 Å². The molecule has 9 heavy (non-hydrogen) atoms. The quantitative estimate of drug-likeness (QED) is 0.417. The van der Waals surface area contributed by atoms with Crippen molar-refractivity contribution >= 4 is 0 Å². The van der Waals surface area contributed by atoms with Crippen LogP contribution in [0.25, 0.3) is 0 Å². The van der Waals surface area contributed by atoms with Crippen molar-refractivity contribution in [1.29, 1.82) is 0 Å². The summed E-state index contributed by atoms with van der Waals surface area (Å²) in [7, 11) is 0. The molecular formula is C7H15N2+. The SMILES string of the molecule is CC[N+]1(CCN)C2CC21. The number of quaternary nitrogens is 1. The first-order chi connectivity index (χ1) is 4.35. The standard InChI is InChI=1S/C7H15N2/c1-2-9(4-3-8)6-5-7(6)9/h6-7H,2-5,8H2,1H3/q+1. The van der Waals surface area contributed by atoms with E-state index >= 15 is 0 Å². The maximum absolute atomic E-state index is 5.50. The Kier molecular flexibility index (Phi) is 0.945. The van der Waals surface area contributed by atoms with Gasteiger partial charge in [-0.15, -0.1) is 0 Å². The minimum atomic E-state index is 0.876. The Balaban J connectivity index is 1.91. The van der Waals surface area contributed by atoms with Crippen LogP contribution in [-0.2, 0) is 0 Å². The van der Waals surface area contributed by atoms with Crippen LogP contribution < -0.4 is 5.73 Å². The van der Waals surface area contributed by atoms with E-state index in [4.69, 9.17) is 5.73 Å². The molecule has 1 heterocycles. The highest BCUT2D eigenvalue weighted by molar-refractivity contribution is 5.06. The van der Waals surface area contributed by atoms with Crippen LogP contribution in [0.15, 0.2) is 0 Å². The predicted molar refractivity (Wildman–Crippen MR) is 36.9 cm³/mol. The highest BCUT2D eigenvalue weighted by atomic mass is 15.6. The Labute approximate surface area is 56.2 Å². The van der Waals surface area contributed by atoms with Crippen LogP contribution in [-0.4, -0.2) is 36.2 Å². The van der Waals surface area contributed by atoms with Crippen molar-refractivity contribution in [2.45, 2.75) is 25.4 Å². The molecule has 2 N–H and O–H groups in total. The zero-order valence-corrected chi connectivity index (χ0v) is 6.01. The highest BCUT2D eigenvalue weighted by Crippen LogP contribution is 2.58. The molecule has 2 rings (SSSR count). The zero-order chi connectivity index (χ0) is 6.48. The summed E-state index contributed by atoms with van der Waals surface area (Å²) in [6, 6.07) is 2.11. The molecule has 1 saturated carbocycles. The van der Waals surface area contributed by atoms with E-state index < -0.39 is 0 Å². The van der Waals surface area contributed by atoms with Gasteiger partial charge in [0.1, 0.15) is 12.1 Å². The summed E-state index contributed by atoms with van der Waals surface area (Å²) < 4.78 is 1.37. The van der Waals surface area contributed by atoms with E-state index in [1.165, 1.54) is 24.0 Å². The fraction of sp³-hybridized carbons (Fsp3) is 1.00. The van der Waals surface area contributed by atoms with Crippen LogP contribution in [0.2, 0.25) is 0 Å². The number of fused-ring (bicyclic) bond motifs is 1. The van der Waals surface area contributed by atoms with Gasteiger partial charge in [0, 0.05) is 6.54 Å². The minimum absolute atomic E-state index is 0.876. The second-order valence-electron chi connectivity index (χ2n) is 3.30. The summed E-state index contributed by atoms with van der Waals surface area (Å²) in [6.45, 7) is 5.70. The van der Waals surface area contributed by atoms with Crippen molar-refractivity contribution in [2.75, 3.05) is 19.6 Å². The minimum Gasteiger partial charge on any atom is -0.326 e. The molecule has 2 nitrogen and oxygen atoms in total. The van der Waals surface area contributed by atoms with Gasteiger partial charge in [0.05, 0.1) is 19.5 Å². The first-order valence-corrected chi connectivity index (χ1v) is 3.91. The van der Waals surface area contributed by atoms with Crippen LogP contribution in [0, 0.1) is 0 Å². The van der Waals surface area contributed by atoms with Gasteiger partial charge in [-0.2, -0.15) is 0 Å². The lowest BCUT2D eigenvalue weighted by Crippen LogP contribution is -2.39. The number of likely N-dealkylation sites (N-methyl/N-ethyl adjacent to an activating group) is 1. The molecule has 0 aromatic heterocycles. The van der Waals surface area contributed by atoms with Crippen molar-refractivity contribution in [3.63, 3.8) is 0 Å². The number of rotatable bonds is 3. The van der Waals surface area contributed by atoms with Crippen LogP contribution in [0.5, 0.6) is 0 Å². The van der Waals surface area contributed by atoms with E-state index in [1.54, 1.807) is 0 Å². The molecule has 2 atom stereocenters. The molecule has 1 saturated heterocycles. The maximum Gasteiger partial charge on any atom is 0.148 e. The van der Waals surface area contributed by atoms with E-state index in [1.807, 2.05) is 0 Å². The smallest absolute Gasteiger partial charge is 0.148 e. The molecule has 0 amide bonds. The lowest BCUT2D eigenvalue weighted by molar-refractivity contribution is -0.847. The molecule has 1 aliphatic carbocycles. The van der Waals surface area contributed by atoms with E-state index in [9.17, 15) is 0 Å². The molecule has 52 valence electrons. The Morgan fingerprint density at radius 1 is 1.56 bits per heavy atom. The Morgan fingerprint density at radius 2 is 2.22 bits per heavy atom. The van der Waals surface area contributed by atoms with Crippen LogP contribution in [0.1, 0.15) is 13.3 Å².